The molecule has 8 nitrogen and oxygen atoms in total. The normalized spacial score (nSPS) is 10.7. The average Bonchev–Trinajstić information content (AvgIpc) is 2.46. The first-order valence-corrected chi connectivity index (χ1v) is 7.99. The van der Waals surface area contributed by atoms with Gasteiger partial charge in [-0.2, -0.15) is 10.5 Å². The molecule has 1 heterocycles. The largest absolute Gasteiger partial charge is 0.507 e. The molecule has 0 fully saturated rings. The Hall–Kier alpha value is -3.30. The Labute approximate surface area is 131 Å². The third kappa shape index (κ3) is 2.73. The number of anilines is 1. The van der Waals surface area contributed by atoms with E-state index in [1.54, 1.807) is 12.1 Å². The first-order valence-electron chi connectivity index (χ1n) is 6.10. The van der Waals surface area contributed by atoms with E-state index in [1.165, 1.54) is 6.07 Å². The molecule has 0 amide bonds. The van der Waals surface area contributed by atoms with Crippen LogP contribution in [0.15, 0.2) is 27.9 Å². The van der Waals surface area contributed by atoms with E-state index < -0.39 is 26.7 Å². The van der Waals surface area contributed by atoms with Gasteiger partial charge < -0.3 is 15.8 Å². The molecule has 0 aliphatic carbocycles. The van der Waals surface area contributed by atoms with Gasteiger partial charge in [0.1, 0.15) is 34.8 Å². The highest BCUT2D eigenvalue weighted by atomic mass is 32.2. The highest BCUT2D eigenvalue weighted by Gasteiger charge is 2.22. The second kappa shape index (κ2) is 5.48. The lowest BCUT2D eigenvalue weighted by atomic mass is 9.96. The fourth-order valence-corrected chi connectivity index (χ4v) is 2.71. The van der Waals surface area contributed by atoms with E-state index in [1.807, 2.05) is 0 Å². The molecule has 116 valence electrons. The van der Waals surface area contributed by atoms with Gasteiger partial charge in [0.25, 0.3) is 5.56 Å². The van der Waals surface area contributed by atoms with Crippen LogP contribution in [0.3, 0.4) is 0 Å². The van der Waals surface area contributed by atoms with Crippen LogP contribution in [0, 0.1) is 22.7 Å². The Morgan fingerprint density at radius 1 is 1.22 bits per heavy atom. The number of pyridine rings is 1. The van der Waals surface area contributed by atoms with Crippen molar-refractivity contribution in [3.63, 3.8) is 0 Å². The second-order valence-corrected chi connectivity index (χ2v) is 6.68. The number of nitrogen functional groups attached to an aromatic ring is 1. The fraction of sp³-hybridized carbons (Fsp3) is 0.0714. The molecule has 9 heteroatoms. The molecular weight excluding hydrogens is 320 g/mol. The number of phenols is 1. The number of hydrogen-bond donors (Lipinski definition) is 3. The number of rotatable bonds is 2. The minimum absolute atomic E-state index is 0.140. The van der Waals surface area contributed by atoms with Gasteiger partial charge >= 0.3 is 0 Å². The van der Waals surface area contributed by atoms with Gasteiger partial charge in [-0.3, -0.25) is 4.79 Å². The minimum atomic E-state index is -3.60. The number of nitriles is 2. The highest BCUT2D eigenvalue weighted by Crippen LogP contribution is 2.35. The number of hydrogen-bond acceptors (Lipinski definition) is 7. The number of nitrogens with one attached hydrogen (secondary N) is 1. The number of aromatic nitrogens is 1. The Balaban J connectivity index is 3.02. The van der Waals surface area contributed by atoms with Crippen molar-refractivity contribution in [3.05, 3.63) is 39.7 Å². The van der Waals surface area contributed by atoms with Gasteiger partial charge in [0.2, 0.25) is 0 Å². The van der Waals surface area contributed by atoms with Gasteiger partial charge in [-0.15, -0.1) is 0 Å². The molecule has 0 spiro atoms. The lowest BCUT2D eigenvalue weighted by molar-refractivity contribution is 0.477. The molecule has 0 radical (unpaired) electrons. The van der Waals surface area contributed by atoms with Gasteiger partial charge in [0, 0.05) is 17.4 Å². The predicted molar refractivity (Wildman–Crippen MR) is 81.1 cm³/mol. The molecule has 1 aromatic carbocycles. The number of phenolic OH excluding ortho intramolecular Hbond substituents is 1. The first-order chi connectivity index (χ1) is 10.7. The number of benzene rings is 1. The fourth-order valence-electron chi connectivity index (χ4n) is 2.06. The average molecular weight is 330 g/mol. The Kier molecular flexibility index (Phi) is 3.83. The van der Waals surface area contributed by atoms with Crippen molar-refractivity contribution in [2.75, 3.05) is 12.0 Å². The molecule has 0 bridgehead atoms. The van der Waals surface area contributed by atoms with Crippen molar-refractivity contribution < 1.29 is 13.5 Å². The molecule has 0 saturated heterocycles. The standard InChI is InChI=1S/C14H10N4O4S/c1-23(21,22)7-2-3-11(19)8(4-7)12-9(5-15)13(17)18-14(20)10(12)6-16/h2-4,19H,1H3,(H3,17,18,20). The number of H-pyrrole nitrogens is 1. The van der Waals surface area contributed by atoms with E-state index in [-0.39, 0.29) is 27.4 Å². The number of nitrogens with two attached hydrogens (primary N) is 1. The summed E-state index contributed by atoms with van der Waals surface area (Å²) in [5.41, 5.74) is 3.71. The van der Waals surface area contributed by atoms with Crippen LogP contribution in [0.1, 0.15) is 11.1 Å². The van der Waals surface area contributed by atoms with Gasteiger partial charge in [-0.25, -0.2) is 8.42 Å². The Bertz CT molecular complexity index is 1060. The molecule has 0 aliphatic rings. The number of sulfone groups is 1. The molecule has 23 heavy (non-hydrogen) atoms. The van der Waals surface area contributed by atoms with Crippen LogP contribution >= 0.6 is 0 Å². The monoisotopic (exact) mass is 330 g/mol. The smallest absolute Gasteiger partial charge is 0.268 e. The maximum atomic E-state index is 11.9. The van der Waals surface area contributed by atoms with Crippen molar-refractivity contribution in [2.45, 2.75) is 4.90 Å². The zero-order chi connectivity index (χ0) is 17.4. The summed E-state index contributed by atoms with van der Waals surface area (Å²) in [6, 6.07) is 6.74. The lowest BCUT2D eigenvalue weighted by Gasteiger charge is -2.11. The van der Waals surface area contributed by atoms with E-state index in [4.69, 9.17) is 5.73 Å². The summed E-state index contributed by atoms with van der Waals surface area (Å²) in [5, 5.41) is 28.4. The van der Waals surface area contributed by atoms with Crippen molar-refractivity contribution in [3.8, 4) is 29.0 Å². The van der Waals surface area contributed by atoms with Crippen LogP contribution in [-0.2, 0) is 9.84 Å². The lowest BCUT2D eigenvalue weighted by Crippen LogP contribution is -2.16. The predicted octanol–water partition coefficient (Wildman–Crippen LogP) is 0.477. The van der Waals surface area contributed by atoms with Crippen LogP contribution in [0.25, 0.3) is 11.1 Å². The van der Waals surface area contributed by atoms with Crippen molar-refractivity contribution in [1.29, 1.82) is 10.5 Å². The zero-order valence-electron chi connectivity index (χ0n) is 11.8. The Morgan fingerprint density at radius 2 is 1.83 bits per heavy atom. The second-order valence-electron chi connectivity index (χ2n) is 4.67. The van der Waals surface area contributed by atoms with E-state index in [0.717, 1.165) is 18.4 Å². The van der Waals surface area contributed by atoms with Crippen molar-refractivity contribution >= 4 is 15.7 Å². The summed E-state index contributed by atoms with van der Waals surface area (Å²) in [7, 11) is -3.60. The molecule has 0 saturated carbocycles. The van der Waals surface area contributed by atoms with E-state index in [2.05, 4.69) is 4.98 Å². The third-order valence-corrected chi connectivity index (χ3v) is 4.24. The van der Waals surface area contributed by atoms with E-state index in [9.17, 15) is 28.8 Å². The van der Waals surface area contributed by atoms with Crippen LogP contribution in [0.4, 0.5) is 5.82 Å². The molecule has 2 rings (SSSR count). The summed E-state index contributed by atoms with van der Waals surface area (Å²) in [6.07, 6.45) is 0.964. The first kappa shape index (κ1) is 16.1. The zero-order valence-corrected chi connectivity index (χ0v) is 12.6. The minimum Gasteiger partial charge on any atom is -0.507 e. The molecule has 2 aromatic rings. The van der Waals surface area contributed by atoms with Crippen LogP contribution in [0.2, 0.25) is 0 Å². The third-order valence-electron chi connectivity index (χ3n) is 3.13. The van der Waals surface area contributed by atoms with Crippen molar-refractivity contribution in [2.24, 2.45) is 0 Å². The quantitative estimate of drug-likeness (QED) is 0.721. The molecule has 0 atom stereocenters. The molecule has 0 aliphatic heterocycles. The van der Waals surface area contributed by atoms with Gasteiger partial charge in [-0.05, 0) is 18.2 Å². The maximum absolute atomic E-state index is 11.9. The number of aromatic hydroxyl groups is 1. The summed E-state index contributed by atoms with van der Waals surface area (Å²) < 4.78 is 23.3. The Morgan fingerprint density at radius 3 is 2.35 bits per heavy atom. The van der Waals surface area contributed by atoms with Crippen LogP contribution < -0.4 is 11.3 Å². The topological polar surface area (TPSA) is 161 Å². The number of aromatic amines is 1. The SMILES string of the molecule is CS(=O)(=O)c1ccc(O)c(-c2c(C#N)c(N)[nH]c(=O)c2C#N)c1. The van der Waals surface area contributed by atoms with Gasteiger partial charge in [0.05, 0.1) is 4.90 Å². The number of nitrogens with zero attached hydrogens (tertiary/aromatic N) is 2. The maximum Gasteiger partial charge on any atom is 0.268 e. The summed E-state index contributed by atoms with van der Waals surface area (Å²) in [4.78, 5) is 13.9. The molecule has 0 unspecified atom stereocenters. The van der Waals surface area contributed by atoms with Crippen molar-refractivity contribution in [1.82, 2.24) is 4.98 Å². The van der Waals surface area contributed by atoms with Gasteiger partial charge in [-0.1, -0.05) is 0 Å². The molecule has 1 aromatic heterocycles. The van der Waals surface area contributed by atoms with Crippen LogP contribution in [0.5, 0.6) is 5.75 Å². The summed E-state index contributed by atoms with van der Waals surface area (Å²) in [5.74, 6) is -0.675. The summed E-state index contributed by atoms with van der Waals surface area (Å²) >= 11 is 0. The molecule has 4 N–H and O–H groups in total. The van der Waals surface area contributed by atoms with E-state index >= 15 is 0 Å². The van der Waals surface area contributed by atoms with Gasteiger partial charge in [0.15, 0.2) is 9.84 Å². The summed E-state index contributed by atoms with van der Waals surface area (Å²) in [6.45, 7) is 0. The van der Waals surface area contributed by atoms with E-state index in [0.29, 0.717) is 0 Å². The van der Waals surface area contributed by atoms with Crippen LogP contribution in [-0.4, -0.2) is 24.8 Å². The highest BCUT2D eigenvalue weighted by molar-refractivity contribution is 7.90. The molecular formula is C14H10N4O4S.